The lowest BCUT2D eigenvalue weighted by atomic mass is 10.2. The number of carbonyl (C=O) groups excluding carboxylic acids is 1. The van der Waals surface area contributed by atoms with Gasteiger partial charge >= 0.3 is 5.97 Å². The number of hydrogen-bond donors (Lipinski definition) is 0. The van der Waals surface area contributed by atoms with Gasteiger partial charge in [0.15, 0.2) is 11.3 Å². The minimum absolute atomic E-state index is 0.112. The number of esters is 1. The van der Waals surface area contributed by atoms with E-state index in [1.807, 2.05) is 35.9 Å². The monoisotopic (exact) mass is 273 g/mol. The number of hydrogen-bond acceptors (Lipinski definition) is 4. The van der Waals surface area contributed by atoms with Crippen LogP contribution < -0.4 is 4.74 Å². The van der Waals surface area contributed by atoms with Crippen molar-refractivity contribution in [3.63, 3.8) is 0 Å². The zero-order valence-electron chi connectivity index (χ0n) is 11.6. The maximum Gasteiger partial charge on any atom is 0.378 e. The van der Waals surface area contributed by atoms with Crippen LogP contribution in [0.2, 0.25) is 0 Å². The van der Waals surface area contributed by atoms with E-state index < -0.39 is 5.97 Å². The fourth-order valence-electron chi connectivity index (χ4n) is 2.49. The van der Waals surface area contributed by atoms with Gasteiger partial charge in [-0.05, 0) is 19.1 Å². The molecule has 3 aromatic rings. The minimum Gasteiger partial charge on any atom is -0.491 e. The van der Waals surface area contributed by atoms with Crippen molar-refractivity contribution in [2.45, 2.75) is 6.92 Å². The number of aromatic nitrogens is 1. The van der Waals surface area contributed by atoms with E-state index in [4.69, 9.17) is 13.9 Å². The van der Waals surface area contributed by atoms with Crippen LogP contribution in [-0.4, -0.2) is 24.3 Å². The van der Waals surface area contributed by atoms with Crippen molar-refractivity contribution in [3.05, 3.63) is 30.0 Å². The van der Waals surface area contributed by atoms with Crippen LogP contribution >= 0.6 is 0 Å². The maximum atomic E-state index is 11.9. The largest absolute Gasteiger partial charge is 0.491 e. The van der Waals surface area contributed by atoms with Crippen molar-refractivity contribution < 1.29 is 18.7 Å². The van der Waals surface area contributed by atoms with Crippen molar-refractivity contribution in [3.8, 4) is 5.75 Å². The molecule has 0 saturated heterocycles. The molecule has 5 nitrogen and oxygen atoms in total. The van der Waals surface area contributed by atoms with Gasteiger partial charge in [0.1, 0.15) is 5.52 Å². The van der Waals surface area contributed by atoms with Gasteiger partial charge in [0, 0.05) is 12.4 Å². The highest BCUT2D eigenvalue weighted by molar-refractivity contribution is 6.10. The van der Waals surface area contributed by atoms with E-state index in [1.165, 1.54) is 7.11 Å². The lowest BCUT2D eigenvalue weighted by molar-refractivity contribution is 0.0488. The molecule has 104 valence electrons. The molecule has 0 aliphatic heterocycles. The van der Waals surface area contributed by atoms with Gasteiger partial charge in [-0.25, -0.2) is 4.79 Å². The number of ether oxygens (including phenoxy) is 2. The third-order valence-electron chi connectivity index (χ3n) is 3.35. The Balaban J connectivity index is 2.35. The molecule has 2 heterocycles. The summed E-state index contributed by atoms with van der Waals surface area (Å²) in [7, 11) is 3.43. The van der Waals surface area contributed by atoms with Gasteiger partial charge in [0.25, 0.3) is 5.76 Å². The second-order valence-electron chi connectivity index (χ2n) is 4.44. The minimum atomic E-state index is -0.510. The van der Waals surface area contributed by atoms with Crippen molar-refractivity contribution >= 4 is 28.0 Å². The molecule has 0 unspecified atom stereocenters. The van der Waals surface area contributed by atoms with Crippen LogP contribution in [0.1, 0.15) is 17.5 Å². The number of furan rings is 1. The standard InChI is InChI=1S/C15H15NO4/c1-4-19-15(17)14-13(18-3)11-12(20-14)9-7-5-6-8-10(9)16(11)2/h5-8H,4H2,1-3H3. The molecule has 0 saturated carbocycles. The number of aryl methyl sites for hydroxylation is 1. The second-order valence-corrected chi connectivity index (χ2v) is 4.44. The number of carbonyl (C=O) groups is 1. The van der Waals surface area contributed by atoms with Gasteiger partial charge in [0.05, 0.1) is 19.2 Å². The first-order chi connectivity index (χ1) is 9.69. The van der Waals surface area contributed by atoms with Crippen LogP contribution in [0, 0.1) is 0 Å². The number of methoxy groups -OCH3 is 1. The molecular formula is C15H15NO4. The Bertz CT molecular complexity index is 797. The lowest BCUT2D eigenvalue weighted by Gasteiger charge is -2.03. The molecule has 3 rings (SSSR count). The first-order valence-corrected chi connectivity index (χ1v) is 6.40. The van der Waals surface area contributed by atoms with Crippen LogP contribution in [0.15, 0.2) is 28.7 Å². The van der Waals surface area contributed by atoms with E-state index in [1.54, 1.807) is 6.92 Å². The first-order valence-electron chi connectivity index (χ1n) is 6.40. The van der Waals surface area contributed by atoms with E-state index in [0.29, 0.717) is 17.9 Å². The highest BCUT2D eigenvalue weighted by Gasteiger charge is 2.26. The Labute approximate surface area is 115 Å². The van der Waals surface area contributed by atoms with Crippen molar-refractivity contribution in [1.29, 1.82) is 0 Å². The van der Waals surface area contributed by atoms with E-state index in [9.17, 15) is 4.79 Å². The lowest BCUT2D eigenvalue weighted by Crippen LogP contribution is -2.05. The summed E-state index contributed by atoms with van der Waals surface area (Å²) in [6.45, 7) is 2.04. The Hall–Kier alpha value is -2.43. The Morgan fingerprint density at radius 2 is 2.10 bits per heavy atom. The third kappa shape index (κ3) is 1.59. The summed E-state index contributed by atoms with van der Waals surface area (Å²) in [6.07, 6.45) is 0. The smallest absolute Gasteiger partial charge is 0.378 e. The summed E-state index contributed by atoms with van der Waals surface area (Å²) in [5.41, 5.74) is 2.43. The molecule has 0 N–H and O–H groups in total. The molecule has 0 aliphatic carbocycles. The summed E-state index contributed by atoms with van der Waals surface area (Å²) in [4.78, 5) is 11.9. The van der Waals surface area contributed by atoms with Crippen LogP contribution in [-0.2, 0) is 11.8 Å². The van der Waals surface area contributed by atoms with E-state index in [-0.39, 0.29) is 5.76 Å². The average Bonchev–Trinajstić information content (AvgIpc) is 2.97. The second kappa shape index (κ2) is 4.59. The topological polar surface area (TPSA) is 53.6 Å². The fourth-order valence-corrected chi connectivity index (χ4v) is 2.49. The third-order valence-corrected chi connectivity index (χ3v) is 3.35. The van der Waals surface area contributed by atoms with Crippen molar-refractivity contribution in [2.75, 3.05) is 13.7 Å². The van der Waals surface area contributed by atoms with Gasteiger partial charge in [0.2, 0.25) is 0 Å². The average molecular weight is 273 g/mol. The Morgan fingerprint density at radius 3 is 2.80 bits per heavy atom. The molecule has 1 aromatic carbocycles. The van der Waals surface area contributed by atoms with Crippen LogP contribution in [0.5, 0.6) is 5.75 Å². The van der Waals surface area contributed by atoms with E-state index >= 15 is 0 Å². The summed E-state index contributed by atoms with van der Waals surface area (Å²) >= 11 is 0. The molecule has 0 atom stereocenters. The predicted octanol–water partition coefficient (Wildman–Crippen LogP) is 3.11. The van der Waals surface area contributed by atoms with Gasteiger partial charge in [-0.2, -0.15) is 0 Å². The molecule has 0 spiro atoms. The maximum absolute atomic E-state index is 11.9. The molecule has 0 radical (unpaired) electrons. The van der Waals surface area contributed by atoms with Crippen LogP contribution in [0.25, 0.3) is 22.0 Å². The number of benzene rings is 1. The quantitative estimate of drug-likeness (QED) is 0.688. The molecule has 0 aliphatic rings. The van der Waals surface area contributed by atoms with Crippen LogP contribution in [0.3, 0.4) is 0 Å². The number of rotatable bonds is 3. The Kier molecular flexibility index (Phi) is 2.89. The van der Waals surface area contributed by atoms with Gasteiger partial charge in [-0.1, -0.05) is 12.1 Å². The first kappa shape index (κ1) is 12.6. The van der Waals surface area contributed by atoms with Gasteiger partial charge in [-0.3, -0.25) is 0 Å². The number of nitrogens with zero attached hydrogens (tertiary/aromatic N) is 1. The van der Waals surface area contributed by atoms with E-state index in [0.717, 1.165) is 16.4 Å². The SMILES string of the molecule is CCOC(=O)c1oc2c3ccccc3n(C)c2c1OC. The van der Waals surface area contributed by atoms with E-state index in [2.05, 4.69) is 0 Å². The molecule has 0 amide bonds. The molecule has 0 fully saturated rings. The number of fused-ring (bicyclic) bond motifs is 3. The van der Waals surface area contributed by atoms with Crippen LogP contribution in [0.4, 0.5) is 0 Å². The summed E-state index contributed by atoms with van der Waals surface area (Å²) < 4.78 is 18.0. The summed E-state index contributed by atoms with van der Waals surface area (Å²) in [5.74, 6) is 0.0162. The molecule has 0 bridgehead atoms. The van der Waals surface area contributed by atoms with Gasteiger partial charge < -0.3 is 18.5 Å². The molecular weight excluding hydrogens is 258 g/mol. The highest BCUT2D eigenvalue weighted by atomic mass is 16.6. The normalized spacial score (nSPS) is 11.2. The van der Waals surface area contributed by atoms with Crippen molar-refractivity contribution in [1.82, 2.24) is 4.57 Å². The fraction of sp³-hybridized carbons (Fsp3) is 0.267. The number of para-hydroxylation sites is 1. The molecule has 2 aromatic heterocycles. The van der Waals surface area contributed by atoms with Gasteiger partial charge in [-0.15, -0.1) is 0 Å². The highest BCUT2D eigenvalue weighted by Crippen LogP contribution is 2.39. The predicted molar refractivity (Wildman–Crippen MR) is 75.2 cm³/mol. The zero-order valence-corrected chi connectivity index (χ0v) is 11.6. The molecule has 20 heavy (non-hydrogen) atoms. The zero-order chi connectivity index (χ0) is 14.3. The van der Waals surface area contributed by atoms with Crippen molar-refractivity contribution in [2.24, 2.45) is 7.05 Å². The molecule has 5 heteroatoms. The summed E-state index contributed by atoms with van der Waals surface area (Å²) in [6, 6.07) is 7.84. The Morgan fingerprint density at radius 1 is 1.35 bits per heavy atom. The summed E-state index contributed by atoms with van der Waals surface area (Å²) in [5, 5.41) is 0.943.